The molecule has 11 heteroatoms. The van der Waals surface area contributed by atoms with Crippen LogP contribution in [0.25, 0.3) is 11.1 Å². The molecule has 1 aromatic heterocycles. The van der Waals surface area contributed by atoms with Gasteiger partial charge in [0.25, 0.3) is 12.3 Å². The molecule has 1 unspecified atom stereocenters. The molecule has 0 spiro atoms. The molecular formula is C26H25F3N4O3S. The highest BCUT2D eigenvalue weighted by molar-refractivity contribution is 7.98. The second kappa shape index (κ2) is 10.9. The van der Waals surface area contributed by atoms with Gasteiger partial charge in [-0.25, -0.2) is 22.1 Å². The van der Waals surface area contributed by atoms with Gasteiger partial charge < -0.3 is 9.88 Å². The molecule has 7 nitrogen and oxygen atoms in total. The molecule has 1 amide bonds. The Balaban J connectivity index is 1.97. The summed E-state index contributed by atoms with van der Waals surface area (Å²) < 4.78 is 57.0. The van der Waals surface area contributed by atoms with E-state index in [2.05, 4.69) is 11.2 Å². The number of aromatic nitrogens is 1. The number of nitrogens with zero attached hydrogens (tertiary/aromatic N) is 2. The van der Waals surface area contributed by atoms with Gasteiger partial charge in [0.15, 0.2) is 6.19 Å². The van der Waals surface area contributed by atoms with Crippen molar-refractivity contribution in [2.45, 2.75) is 44.7 Å². The standard InChI is InChI=1S/C26H25F3N4O3S/c1-15(2)33-13-20(24(34)23(16(33)3)18-6-5-7-19(11-18)25(28)29)26(35)31-12-17-8-9-22(21(27)10-17)37(4,36)32-14-30/h5-11,13,15,25H,4,12H2,1-3H3,(H,31,35)(H,32,36). The van der Waals surface area contributed by atoms with Crippen molar-refractivity contribution >= 4 is 21.5 Å². The Kier molecular flexibility index (Phi) is 8.13. The van der Waals surface area contributed by atoms with E-state index >= 15 is 0 Å². The SMILES string of the molecule is C=S(=O)(NC#N)c1ccc(CNC(=O)c2cn(C(C)C)c(C)c(-c3cccc(C(F)F)c3)c2=O)cc1F. The summed E-state index contributed by atoms with van der Waals surface area (Å²) in [6, 6.07) is 8.95. The quantitative estimate of drug-likeness (QED) is 0.255. The van der Waals surface area contributed by atoms with Gasteiger partial charge in [0.05, 0.1) is 14.6 Å². The molecule has 0 fully saturated rings. The van der Waals surface area contributed by atoms with Crippen molar-refractivity contribution in [2.75, 3.05) is 0 Å². The van der Waals surface area contributed by atoms with Crippen LogP contribution in [-0.4, -0.2) is 20.6 Å². The zero-order chi connectivity index (χ0) is 27.5. The number of carbonyl (C=O) groups excluding carboxylic acids is 1. The summed E-state index contributed by atoms with van der Waals surface area (Å²) in [7, 11) is -3.36. The average molecular weight is 531 g/mol. The summed E-state index contributed by atoms with van der Waals surface area (Å²) in [5.74, 6) is 1.71. The Hall–Kier alpha value is -4.04. The topological polar surface area (TPSA) is 104 Å². The third-order valence-corrected chi connectivity index (χ3v) is 7.19. The zero-order valence-corrected chi connectivity index (χ0v) is 21.2. The van der Waals surface area contributed by atoms with E-state index in [0.29, 0.717) is 11.3 Å². The van der Waals surface area contributed by atoms with Gasteiger partial charge in [-0.3, -0.25) is 9.59 Å². The van der Waals surface area contributed by atoms with Gasteiger partial charge in [-0.2, -0.15) is 5.26 Å². The number of nitriles is 1. The molecule has 1 atom stereocenters. The molecule has 0 saturated heterocycles. The monoisotopic (exact) mass is 530 g/mol. The molecule has 3 rings (SSSR count). The van der Waals surface area contributed by atoms with Gasteiger partial charge in [-0.1, -0.05) is 24.3 Å². The van der Waals surface area contributed by atoms with Crippen molar-refractivity contribution in [3.63, 3.8) is 0 Å². The van der Waals surface area contributed by atoms with Crippen LogP contribution >= 0.6 is 0 Å². The molecule has 0 saturated carbocycles. The minimum absolute atomic E-state index is 0.134. The van der Waals surface area contributed by atoms with Gasteiger partial charge in [-0.15, -0.1) is 0 Å². The number of pyridine rings is 1. The third kappa shape index (κ3) is 5.86. The number of rotatable bonds is 8. The average Bonchev–Trinajstić information content (AvgIpc) is 2.82. The van der Waals surface area contributed by atoms with Crippen LogP contribution in [0.1, 0.15) is 53.5 Å². The number of alkyl halides is 2. The lowest BCUT2D eigenvalue weighted by atomic mass is 9.98. The van der Waals surface area contributed by atoms with Gasteiger partial charge in [-0.05, 0) is 56.0 Å². The number of carbonyl (C=O) groups is 1. The second-order valence-electron chi connectivity index (χ2n) is 8.60. The fraction of sp³-hybridized carbons (Fsp3) is 0.231. The van der Waals surface area contributed by atoms with Crippen molar-refractivity contribution in [3.8, 4) is 17.3 Å². The van der Waals surface area contributed by atoms with Crippen LogP contribution in [0.5, 0.6) is 0 Å². The van der Waals surface area contributed by atoms with Crippen molar-refractivity contribution in [3.05, 3.63) is 87.1 Å². The van der Waals surface area contributed by atoms with Gasteiger partial charge in [0, 0.05) is 35.6 Å². The van der Waals surface area contributed by atoms with E-state index in [9.17, 15) is 27.0 Å². The Morgan fingerprint density at radius 3 is 2.51 bits per heavy atom. The Morgan fingerprint density at radius 2 is 1.92 bits per heavy atom. The summed E-state index contributed by atoms with van der Waals surface area (Å²) in [6.45, 7) is 5.22. The number of halogens is 3. The van der Waals surface area contributed by atoms with Crippen LogP contribution in [-0.2, 0) is 16.3 Å². The summed E-state index contributed by atoms with van der Waals surface area (Å²) in [6.07, 6.45) is 0.159. The molecular weight excluding hydrogens is 505 g/mol. The maximum absolute atomic E-state index is 14.5. The van der Waals surface area contributed by atoms with Crippen molar-refractivity contribution < 1.29 is 22.2 Å². The van der Waals surface area contributed by atoms with Crippen LogP contribution in [0, 0.1) is 24.2 Å². The molecule has 0 aliphatic heterocycles. The van der Waals surface area contributed by atoms with E-state index in [1.807, 2.05) is 18.6 Å². The van der Waals surface area contributed by atoms with Crippen LogP contribution in [0.15, 0.2) is 58.4 Å². The molecule has 1 heterocycles. The smallest absolute Gasteiger partial charge is 0.263 e. The van der Waals surface area contributed by atoms with E-state index < -0.39 is 33.3 Å². The fourth-order valence-corrected chi connectivity index (χ4v) is 4.84. The number of benzene rings is 2. The maximum Gasteiger partial charge on any atom is 0.263 e. The van der Waals surface area contributed by atoms with Crippen LogP contribution in [0.4, 0.5) is 13.2 Å². The molecule has 2 N–H and O–H groups in total. The van der Waals surface area contributed by atoms with E-state index in [1.165, 1.54) is 48.8 Å². The van der Waals surface area contributed by atoms with E-state index in [1.54, 1.807) is 11.5 Å². The first-order valence-electron chi connectivity index (χ1n) is 11.1. The first-order chi connectivity index (χ1) is 17.4. The number of amides is 1. The molecule has 0 bridgehead atoms. The number of nitrogens with one attached hydrogen (secondary N) is 2. The normalized spacial score (nSPS) is 12.7. The summed E-state index contributed by atoms with van der Waals surface area (Å²) >= 11 is 0. The third-order valence-electron chi connectivity index (χ3n) is 5.73. The number of hydrogen-bond acceptors (Lipinski definition) is 4. The lowest BCUT2D eigenvalue weighted by molar-refractivity contribution is 0.0948. The largest absolute Gasteiger partial charge is 0.348 e. The Morgan fingerprint density at radius 1 is 1.22 bits per heavy atom. The Labute approximate surface area is 212 Å². The molecule has 0 aliphatic carbocycles. The molecule has 0 radical (unpaired) electrons. The molecule has 37 heavy (non-hydrogen) atoms. The molecule has 0 aliphatic rings. The van der Waals surface area contributed by atoms with Crippen LogP contribution in [0.2, 0.25) is 0 Å². The lowest BCUT2D eigenvalue weighted by Gasteiger charge is -2.20. The van der Waals surface area contributed by atoms with Gasteiger partial charge in [0.1, 0.15) is 11.4 Å². The number of hydrogen-bond donors (Lipinski definition) is 2. The molecule has 3 aromatic rings. The van der Waals surface area contributed by atoms with Crippen molar-refractivity contribution in [2.24, 2.45) is 0 Å². The summed E-state index contributed by atoms with van der Waals surface area (Å²) in [4.78, 5) is 26.1. The maximum atomic E-state index is 14.5. The van der Waals surface area contributed by atoms with Crippen molar-refractivity contribution in [1.29, 1.82) is 5.26 Å². The van der Waals surface area contributed by atoms with Crippen LogP contribution < -0.4 is 15.5 Å². The predicted molar refractivity (Wildman–Crippen MR) is 136 cm³/mol. The van der Waals surface area contributed by atoms with E-state index in [0.717, 1.165) is 6.07 Å². The highest BCUT2D eigenvalue weighted by Crippen LogP contribution is 2.27. The predicted octanol–water partition coefficient (Wildman–Crippen LogP) is 4.47. The molecule has 2 aromatic carbocycles. The first kappa shape index (κ1) is 27.5. The van der Waals surface area contributed by atoms with E-state index in [-0.39, 0.29) is 39.7 Å². The minimum Gasteiger partial charge on any atom is -0.348 e. The highest BCUT2D eigenvalue weighted by atomic mass is 32.2. The second-order valence-corrected chi connectivity index (χ2v) is 10.6. The van der Waals surface area contributed by atoms with Crippen molar-refractivity contribution in [1.82, 2.24) is 14.6 Å². The lowest BCUT2D eigenvalue weighted by Crippen LogP contribution is -2.31. The minimum atomic E-state index is -3.36. The fourth-order valence-electron chi connectivity index (χ4n) is 3.92. The summed E-state index contributed by atoms with van der Waals surface area (Å²) in [5, 5.41) is 11.2. The first-order valence-corrected chi connectivity index (χ1v) is 12.8. The van der Waals surface area contributed by atoms with Crippen LogP contribution in [0.3, 0.4) is 0 Å². The van der Waals surface area contributed by atoms with Gasteiger partial charge >= 0.3 is 0 Å². The molecule has 194 valence electrons. The van der Waals surface area contributed by atoms with E-state index in [4.69, 9.17) is 5.26 Å². The zero-order valence-electron chi connectivity index (χ0n) is 20.3. The highest BCUT2D eigenvalue weighted by Gasteiger charge is 2.21. The Bertz CT molecular complexity index is 1560. The van der Waals surface area contributed by atoms with Gasteiger partial charge in [0.2, 0.25) is 5.43 Å². The summed E-state index contributed by atoms with van der Waals surface area (Å²) in [5.41, 5.74) is 0.154.